The third kappa shape index (κ3) is 45.0. The van der Waals surface area contributed by atoms with E-state index in [4.69, 9.17) is 9.46 Å². The number of hydrogen-bond donors (Lipinski definition) is 2. The average Bonchev–Trinajstić information content (AvgIpc) is 1.62. The minimum atomic E-state index is -2.18. The zero-order valence-electron chi connectivity index (χ0n) is 5.77. The molecular weight excluding hydrogens is 175 g/mol. The predicted molar refractivity (Wildman–Crippen MR) is 41.1 cm³/mol. The highest BCUT2D eigenvalue weighted by Gasteiger charge is 1.90. The van der Waals surface area contributed by atoms with Crippen LogP contribution in [-0.4, -0.2) is 17.5 Å². The minimum absolute atomic E-state index is 0.211. The van der Waals surface area contributed by atoms with Crippen molar-refractivity contribution in [3.63, 3.8) is 0 Å². The molecule has 0 fully saturated rings. The molecule has 0 amide bonds. The second kappa shape index (κ2) is 8.88. The maximum absolute atomic E-state index is 9.82. The first-order valence-electron chi connectivity index (χ1n) is 2.49. The molecule has 0 aliphatic heterocycles. The Bertz CT molecular complexity index is 112. The number of rotatable bonds is 1. The molecule has 0 aromatic rings. The van der Waals surface area contributed by atoms with Crippen molar-refractivity contribution < 1.29 is 19.0 Å². The second-order valence-corrected chi connectivity index (χ2v) is 2.71. The molecule has 1 unspecified atom stereocenters. The quantitative estimate of drug-likeness (QED) is 0.365. The molecule has 0 saturated carbocycles. The molecule has 0 saturated heterocycles. The van der Waals surface area contributed by atoms with Crippen LogP contribution in [0, 0.1) is 0 Å². The normalized spacial score (nSPS) is 9.00. The van der Waals surface area contributed by atoms with Crippen LogP contribution in [-0.2, 0) is 14.1 Å². The molecule has 6 heteroatoms. The van der Waals surface area contributed by atoms with Crippen molar-refractivity contribution >= 4 is 25.4 Å². The third-order valence-corrected chi connectivity index (χ3v) is 0.348. The summed E-state index contributed by atoms with van der Waals surface area (Å²) in [5, 5.41) is 0. The molecule has 0 spiro atoms. The number of thiol groups is 1. The van der Waals surface area contributed by atoms with Crippen LogP contribution in [0.4, 0.5) is 0 Å². The van der Waals surface area contributed by atoms with E-state index >= 15 is 0 Å². The maximum atomic E-state index is 9.82. The Balaban J connectivity index is 0. The Hall–Kier alpha value is -0.120. The van der Waals surface area contributed by atoms with E-state index in [1.807, 2.05) is 0 Å². The first-order chi connectivity index (χ1) is 4.50. The summed E-state index contributed by atoms with van der Waals surface area (Å²) in [5.74, 6) is -0.211. The second-order valence-electron chi connectivity index (χ2n) is 1.18. The average molecular weight is 185 g/mol. The van der Waals surface area contributed by atoms with E-state index in [9.17, 15) is 4.79 Å². The Labute approximate surface area is 65.6 Å². The fraction of sp³-hybridized carbons (Fsp3) is 0.750. The molecule has 10 heavy (non-hydrogen) atoms. The topological polar surface area (TPSA) is 63.6 Å². The zero-order valence-corrected chi connectivity index (χ0v) is 7.56. The summed E-state index contributed by atoms with van der Waals surface area (Å²) in [5.41, 5.74) is 0. The summed E-state index contributed by atoms with van der Waals surface area (Å²) in [6.07, 6.45) is 0. The van der Waals surface area contributed by atoms with Crippen LogP contribution >= 0.6 is 19.5 Å². The van der Waals surface area contributed by atoms with Gasteiger partial charge in [0.25, 0.3) is 0 Å². The molecule has 1 N–H and O–H groups in total. The van der Waals surface area contributed by atoms with Gasteiger partial charge < -0.3 is 4.74 Å². The lowest BCUT2D eigenvalue weighted by atomic mass is 10.8. The molecule has 0 aliphatic carbocycles. The van der Waals surface area contributed by atoms with Gasteiger partial charge in [0.15, 0.2) is 0 Å². The smallest absolute Gasteiger partial charge is 0.466 e. The van der Waals surface area contributed by atoms with Gasteiger partial charge in [0.2, 0.25) is 0 Å². The number of carbonyl (C=O) groups excluding carboxylic acids is 1. The molecule has 0 heterocycles. The van der Waals surface area contributed by atoms with Crippen LogP contribution in [0.3, 0.4) is 0 Å². The van der Waals surface area contributed by atoms with Crippen molar-refractivity contribution in [2.45, 2.75) is 13.8 Å². The van der Waals surface area contributed by atoms with Gasteiger partial charge in [-0.25, -0.2) is 0 Å². The summed E-state index contributed by atoms with van der Waals surface area (Å²) in [6, 6.07) is 0. The van der Waals surface area contributed by atoms with E-state index in [-0.39, 0.29) is 5.97 Å². The number of ether oxygens (including phenoxy) is 1. The van der Waals surface area contributed by atoms with Crippen molar-refractivity contribution in [3.05, 3.63) is 0 Å². The minimum Gasteiger partial charge on any atom is -0.466 e. The fourth-order valence-electron chi connectivity index (χ4n) is 0.203. The monoisotopic (exact) mass is 185 g/mol. The highest BCUT2D eigenvalue weighted by atomic mass is 32.7. The van der Waals surface area contributed by atoms with Crippen LogP contribution in [0.5, 0.6) is 0 Å². The molecular formula is C4H10O4PS+. The molecule has 0 radical (unpaired) electrons. The van der Waals surface area contributed by atoms with E-state index in [1.165, 1.54) is 6.92 Å². The number of esters is 1. The SMILES string of the molecule is CCOC(C)=O.O=[P+](O)S. The van der Waals surface area contributed by atoms with Crippen LogP contribution in [0.2, 0.25) is 0 Å². The van der Waals surface area contributed by atoms with Crippen LogP contribution in [0.15, 0.2) is 0 Å². The Kier molecular flexibility index (Phi) is 11.1. The standard InChI is InChI=1S/C4H8O2.HO2PS/c1-3-6-4(2)5;1-3(2)4/h3H2,1-2H3;(H-,1,2,4)/p+1. The van der Waals surface area contributed by atoms with Gasteiger partial charge in [-0.2, -0.15) is 4.89 Å². The number of carbonyl (C=O) groups is 1. The van der Waals surface area contributed by atoms with Crippen LogP contribution in [0.25, 0.3) is 0 Å². The summed E-state index contributed by atoms with van der Waals surface area (Å²) >= 11 is 3.03. The van der Waals surface area contributed by atoms with E-state index < -0.39 is 7.23 Å². The summed E-state index contributed by atoms with van der Waals surface area (Å²) in [6.45, 7) is 3.65. The van der Waals surface area contributed by atoms with Gasteiger partial charge in [0.1, 0.15) is 12.2 Å². The lowest BCUT2D eigenvalue weighted by molar-refractivity contribution is -0.140. The van der Waals surface area contributed by atoms with Gasteiger partial charge in [-0.05, 0) is 11.5 Å². The van der Waals surface area contributed by atoms with Crippen LogP contribution < -0.4 is 0 Å². The lowest BCUT2D eigenvalue weighted by Gasteiger charge is -1.89. The molecule has 0 rings (SSSR count). The lowest BCUT2D eigenvalue weighted by Crippen LogP contribution is -1.95. The van der Waals surface area contributed by atoms with E-state index in [0.717, 1.165) is 0 Å². The van der Waals surface area contributed by atoms with Gasteiger partial charge >= 0.3 is 13.2 Å². The van der Waals surface area contributed by atoms with Crippen molar-refractivity contribution in [2.75, 3.05) is 6.61 Å². The predicted octanol–water partition coefficient (Wildman–Crippen LogP) is 1.14. The Morgan fingerprint density at radius 2 is 2.10 bits per heavy atom. The maximum Gasteiger partial charge on any atom is 0.579 e. The molecule has 1 atom stereocenters. The van der Waals surface area contributed by atoms with Gasteiger partial charge in [0.05, 0.1) is 6.61 Å². The highest BCUT2D eigenvalue weighted by molar-refractivity contribution is 8.38. The number of hydrogen-bond acceptors (Lipinski definition) is 3. The van der Waals surface area contributed by atoms with E-state index in [1.54, 1.807) is 6.92 Å². The van der Waals surface area contributed by atoms with Crippen LogP contribution in [0.1, 0.15) is 13.8 Å². The highest BCUT2D eigenvalue weighted by Crippen LogP contribution is 2.16. The van der Waals surface area contributed by atoms with Crippen molar-refractivity contribution in [1.29, 1.82) is 0 Å². The van der Waals surface area contributed by atoms with Gasteiger partial charge in [-0.1, -0.05) is 0 Å². The fourth-order valence-corrected chi connectivity index (χ4v) is 0.203. The third-order valence-electron chi connectivity index (χ3n) is 0.348. The summed E-state index contributed by atoms with van der Waals surface area (Å²) in [4.78, 5) is 17.3. The van der Waals surface area contributed by atoms with Gasteiger partial charge in [-0.15, -0.1) is 0 Å². The summed E-state index contributed by atoms with van der Waals surface area (Å²) < 4.78 is 13.4. The van der Waals surface area contributed by atoms with Gasteiger partial charge in [-0.3, -0.25) is 4.79 Å². The molecule has 0 aliphatic rings. The molecule has 4 nitrogen and oxygen atoms in total. The van der Waals surface area contributed by atoms with Gasteiger partial charge in [0, 0.05) is 6.92 Å². The first kappa shape index (κ1) is 12.5. The largest absolute Gasteiger partial charge is 0.579 e. The van der Waals surface area contributed by atoms with E-state index in [2.05, 4.69) is 17.0 Å². The zero-order chi connectivity index (χ0) is 8.57. The van der Waals surface area contributed by atoms with Crippen molar-refractivity contribution in [3.8, 4) is 0 Å². The molecule has 0 bridgehead atoms. The summed E-state index contributed by atoms with van der Waals surface area (Å²) in [7, 11) is -2.18. The van der Waals surface area contributed by atoms with Crippen molar-refractivity contribution in [2.24, 2.45) is 0 Å². The molecule has 0 aromatic carbocycles. The molecule has 60 valence electrons. The Morgan fingerprint density at radius 3 is 2.10 bits per heavy atom. The Morgan fingerprint density at radius 1 is 1.80 bits per heavy atom. The molecule has 0 aromatic heterocycles. The van der Waals surface area contributed by atoms with Crippen molar-refractivity contribution in [1.82, 2.24) is 0 Å². The first-order valence-corrected chi connectivity index (χ1v) is 4.85. The van der Waals surface area contributed by atoms with E-state index in [0.29, 0.717) is 6.61 Å².